The molecule has 1 aromatic carbocycles. The number of nitrogens with zero attached hydrogens (tertiary/aromatic N) is 4. The summed E-state index contributed by atoms with van der Waals surface area (Å²) in [5, 5.41) is 0. The van der Waals surface area contributed by atoms with Crippen LogP contribution in [-0.4, -0.2) is 49.4 Å². The van der Waals surface area contributed by atoms with Crippen molar-refractivity contribution in [3.63, 3.8) is 0 Å². The van der Waals surface area contributed by atoms with E-state index in [9.17, 15) is 0 Å². The van der Waals surface area contributed by atoms with Crippen LogP contribution in [0.2, 0.25) is 0 Å². The molecule has 0 saturated carbocycles. The van der Waals surface area contributed by atoms with Crippen molar-refractivity contribution in [2.24, 2.45) is 0 Å². The van der Waals surface area contributed by atoms with Gasteiger partial charge >= 0.3 is 0 Å². The average molecular weight is 328 g/mol. The number of hydrogen-bond acceptors (Lipinski definition) is 6. The van der Waals surface area contributed by atoms with E-state index in [1.165, 1.54) is 0 Å². The van der Waals surface area contributed by atoms with Gasteiger partial charge in [-0.2, -0.15) is 4.98 Å². The zero-order valence-corrected chi connectivity index (χ0v) is 14.5. The monoisotopic (exact) mass is 328 g/mol. The molecule has 2 aromatic rings. The highest BCUT2D eigenvalue weighted by Crippen LogP contribution is 2.29. The van der Waals surface area contributed by atoms with Crippen LogP contribution in [-0.2, 0) is 0 Å². The molecule has 0 radical (unpaired) electrons. The Kier molecular flexibility index (Phi) is 5.03. The maximum atomic E-state index is 5.64. The zero-order chi connectivity index (χ0) is 16.9. The summed E-state index contributed by atoms with van der Waals surface area (Å²) in [4.78, 5) is 13.4. The minimum atomic E-state index is 0.0944. The third-order valence-corrected chi connectivity index (χ3v) is 3.99. The molecular weight excluding hydrogens is 304 g/mol. The maximum Gasteiger partial charge on any atom is 0.234 e. The van der Waals surface area contributed by atoms with Gasteiger partial charge in [-0.15, -0.1) is 0 Å². The van der Waals surface area contributed by atoms with Crippen molar-refractivity contribution in [1.82, 2.24) is 9.97 Å². The number of piperazine rings is 1. The zero-order valence-electron chi connectivity index (χ0n) is 14.5. The summed E-state index contributed by atoms with van der Waals surface area (Å²) in [5.41, 5.74) is 1.14. The molecule has 6 heteroatoms. The van der Waals surface area contributed by atoms with Gasteiger partial charge in [0.1, 0.15) is 5.75 Å². The molecule has 1 saturated heterocycles. The molecule has 1 aliphatic rings. The Labute approximate surface area is 143 Å². The number of methoxy groups -OCH3 is 1. The van der Waals surface area contributed by atoms with E-state index in [2.05, 4.69) is 25.8 Å². The first kappa shape index (κ1) is 16.4. The second-order valence-corrected chi connectivity index (χ2v) is 6.03. The summed E-state index contributed by atoms with van der Waals surface area (Å²) in [6.45, 7) is 7.57. The van der Waals surface area contributed by atoms with Gasteiger partial charge < -0.3 is 19.3 Å². The lowest BCUT2D eigenvalue weighted by atomic mass is 10.2. The van der Waals surface area contributed by atoms with E-state index in [4.69, 9.17) is 9.47 Å². The number of anilines is 2. The lowest BCUT2D eigenvalue weighted by molar-refractivity contribution is 0.231. The summed E-state index contributed by atoms with van der Waals surface area (Å²) in [6.07, 6.45) is 3.55. The standard InChI is InChI=1S/C18H24N4O2/c1-14(2)24-18-13-19-12-17(20-18)22-10-8-21(9-11-22)15-6-4-5-7-16(15)23-3/h4-7,12-14H,8-11H2,1-3H3. The van der Waals surface area contributed by atoms with E-state index >= 15 is 0 Å². The molecule has 0 amide bonds. The highest BCUT2D eigenvalue weighted by atomic mass is 16.5. The Bertz CT molecular complexity index is 670. The highest BCUT2D eigenvalue weighted by molar-refractivity contribution is 5.59. The van der Waals surface area contributed by atoms with Crippen molar-refractivity contribution in [1.29, 1.82) is 0 Å². The number of ether oxygens (including phenoxy) is 2. The molecule has 0 bridgehead atoms. The van der Waals surface area contributed by atoms with Crippen molar-refractivity contribution < 1.29 is 9.47 Å². The number of para-hydroxylation sites is 2. The fourth-order valence-corrected chi connectivity index (χ4v) is 2.86. The lowest BCUT2D eigenvalue weighted by Gasteiger charge is -2.37. The third kappa shape index (κ3) is 3.69. The first-order chi connectivity index (χ1) is 11.7. The van der Waals surface area contributed by atoms with Gasteiger partial charge in [0, 0.05) is 26.2 Å². The van der Waals surface area contributed by atoms with Crippen LogP contribution in [0.1, 0.15) is 13.8 Å². The quantitative estimate of drug-likeness (QED) is 0.841. The Morgan fingerprint density at radius 3 is 2.42 bits per heavy atom. The Balaban J connectivity index is 1.67. The fraction of sp³-hybridized carbons (Fsp3) is 0.444. The van der Waals surface area contributed by atoms with Gasteiger partial charge in [-0.3, -0.25) is 4.98 Å². The van der Waals surface area contributed by atoms with Crippen LogP contribution in [0.3, 0.4) is 0 Å². The van der Waals surface area contributed by atoms with Crippen molar-refractivity contribution in [3.05, 3.63) is 36.7 Å². The molecule has 128 valence electrons. The number of benzene rings is 1. The topological polar surface area (TPSA) is 50.7 Å². The van der Waals surface area contributed by atoms with Crippen molar-refractivity contribution >= 4 is 11.5 Å². The summed E-state index contributed by atoms with van der Waals surface area (Å²) in [5.74, 6) is 2.36. The molecule has 0 N–H and O–H groups in total. The summed E-state index contributed by atoms with van der Waals surface area (Å²) in [6, 6.07) is 8.14. The average Bonchev–Trinajstić information content (AvgIpc) is 2.61. The molecule has 24 heavy (non-hydrogen) atoms. The molecule has 0 atom stereocenters. The number of aromatic nitrogens is 2. The predicted octanol–water partition coefficient (Wildman–Crippen LogP) is 2.60. The molecule has 1 aliphatic heterocycles. The normalized spacial score (nSPS) is 14.8. The van der Waals surface area contributed by atoms with E-state index in [-0.39, 0.29) is 6.10 Å². The van der Waals surface area contributed by atoms with Gasteiger partial charge in [0.05, 0.1) is 31.3 Å². The second kappa shape index (κ2) is 7.38. The van der Waals surface area contributed by atoms with Crippen molar-refractivity contribution in [2.75, 3.05) is 43.1 Å². The van der Waals surface area contributed by atoms with Crippen LogP contribution in [0, 0.1) is 0 Å². The molecule has 6 nitrogen and oxygen atoms in total. The Hall–Kier alpha value is -2.50. The molecule has 0 spiro atoms. The number of rotatable bonds is 5. The van der Waals surface area contributed by atoms with Gasteiger partial charge in [0.25, 0.3) is 0 Å². The van der Waals surface area contributed by atoms with E-state index in [0.29, 0.717) is 5.88 Å². The smallest absolute Gasteiger partial charge is 0.234 e. The molecule has 1 aromatic heterocycles. The second-order valence-electron chi connectivity index (χ2n) is 6.03. The van der Waals surface area contributed by atoms with Crippen molar-refractivity contribution in [3.8, 4) is 11.6 Å². The molecule has 2 heterocycles. The van der Waals surface area contributed by atoms with Gasteiger partial charge in [-0.05, 0) is 26.0 Å². The minimum Gasteiger partial charge on any atom is -0.495 e. The van der Waals surface area contributed by atoms with Gasteiger partial charge in [-0.25, -0.2) is 0 Å². The molecule has 0 aliphatic carbocycles. The Morgan fingerprint density at radius 1 is 1.00 bits per heavy atom. The van der Waals surface area contributed by atoms with Crippen molar-refractivity contribution in [2.45, 2.75) is 20.0 Å². The van der Waals surface area contributed by atoms with Crippen LogP contribution in [0.25, 0.3) is 0 Å². The van der Waals surface area contributed by atoms with Crippen LogP contribution < -0.4 is 19.3 Å². The van der Waals surface area contributed by atoms with Crippen LogP contribution in [0.4, 0.5) is 11.5 Å². The van der Waals surface area contributed by atoms with Gasteiger partial charge in [0.15, 0.2) is 5.82 Å². The summed E-state index contributed by atoms with van der Waals surface area (Å²) in [7, 11) is 1.71. The SMILES string of the molecule is COc1ccccc1N1CCN(c2cncc(OC(C)C)n2)CC1. The first-order valence-corrected chi connectivity index (χ1v) is 8.29. The first-order valence-electron chi connectivity index (χ1n) is 8.29. The number of hydrogen-bond donors (Lipinski definition) is 0. The molecule has 1 fully saturated rings. The Morgan fingerprint density at radius 2 is 1.71 bits per heavy atom. The lowest BCUT2D eigenvalue weighted by Crippen LogP contribution is -2.47. The van der Waals surface area contributed by atoms with Gasteiger partial charge in [0.2, 0.25) is 5.88 Å². The van der Waals surface area contributed by atoms with E-state index in [1.807, 2.05) is 32.0 Å². The molecule has 3 rings (SSSR count). The van der Waals surface area contributed by atoms with E-state index in [1.54, 1.807) is 19.5 Å². The minimum absolute atomic E-state index is 0.0944. The maximum absolute atomic E-state index is 5.64. The van der Waals surface area contributed by atoms with Crippen LogP contribution >= 0.6 is 0 Å². The summed E-state index contributed by atoms with van der Waals surface area (Å²) >= 11 is 0. The molecular formula is C18H24N4O2. The van der Waals surface area contributed by atoms with Crippen LogP contribution in [0.15, 0.2) is 36.7 Å². The highest BCUT2D eigenvalue weighted by Gasteiger charge is 2.21. The predicted molar refractivity (Wildman–Crippen MR) is 95.2 cm³/mol. The molecule has 0 unspecified atom stereocenters. The van der Waals surface area contributed by atoms with Crippen LogP contribution in [0.5, 0.6) is 11.6 Å². The van der Waals surface area contributed by atoms with E-state index in [0.717, 1.165) is 43.4 Å². The summed E-state index contributed by atoms with van der Waals surface area (Å²) < 4.78 is 11.1. The van der Waals surface area contributed by atoms with E-state index < -0.39 is 0 Å². The third-order valence-electron chi connectivity index (χ3n) is 3.99. The van der Waals surface area contributed by atoms with Gasteiger partial charge in [-0.1, -0.05) is 12.1 Å². The largest absolute Gasteiger partial charge is 0.495 e. The fourth-order valence-electron chi connectivity index (χ4n) is 2.86.